The number of hydrogen-bond donors (Lipinski definition) is 2. The van der Waals surface area contributed by atoms with Gasteiger partial charge >= 0.3 is 0 Å². The maximum atomic E-state index is 13.8. The summed E-state index contributed by atoms with van der Waals surface area (Å²) in [4.78, 5) is 19.2. The zero-order valence-electron chi connectivity index (χ0n) is 13.3. The number of benzene rings is 1. The smallest absolute Gasteiger partial charge is 0.214 e. The Morgan fingerprint density at radius 3 is 2.84 bits per heavy atom. The van der Waals surface area contributed by atoms with Crippen molar-refractivity contribution in [3.63, 3.8) is 0 Å². The summed E-state index contributed by atoms with van der Waals surface area (Å²) < 4.78 is 19.1. The number of nitrogens with two attached hydrogens (primary N) is 1. The highest BCUT2D eigenvalue weighted by atomic mass is 19.1. The van der Waals surface area contributed by atoms with E-state index in [4.69, 9.17) is 10.5 Å². The van der Waals surface area contributed by atoms with Crippen LogP contribution in [0.25, 0.3) is 10.9 Å². The number of halogens is 1. The molecule has 25 heavy (non-hydrogen) atoms. The summed E-state index contributed by atoms with van der Waals surface area (Å²) in [6, 6.07) is 4.39. The van der Waals surface area contributed by atoms with Gasteiger partial charge in [-0.15, -0.1) is 0 Å². The van der Waals surface area contributed by atoms with Gasteiger partial charge in [-0.05, 0) is 18.2 Å². The summed E-state index contributed by atoms with van der Waals surface area (Å²) in [6.45, 7) is 2.80. The van der Waals surface area contributed by atoms with E-state index in [1.165, 1.54) is 18.3 Å². The molecule has 0 atom stereocenters. The van der Waals surface area contributed by atoms with Crippen LogP contribution in [0.1, 0.15) is 16.1 Å². The van der Waals surface area contributed by atoms with Gasteiger partial charge < -0.3 is 15.4 Å². The van der Waals surface area contributed by atoms with Crippen LogP contribution in [0.15, 0.2) is 30.6 Å². The Morgan fingerprint density at radius 2 is 2.08 bits per heavy atom. The van der Waals surface area contributed by atoms with Crippen molar-refractivity contribution < 1.29 is 13.9 Å². The molecule has 1 aliphatic heterocycles. The number of aromatic nitrogens is 3. The van der Waals surface area contributed by atoms with E-state index in [-0.39, 0.29) is 22.7 Å². The van der Waals surface area contributed by atoms with Crippen LogP contribution in [-0.4, -0.2) is 47.3 Å². The van der Waals surface area contributed by atoms with Gasteiger partial charge in [0.2, 0.25) is 5.78 Å². The van der Waals surface area contributed by atoms with E-state index in [2.05, 4.69) is 20.1 Å². The number of nitrogens with zero attached hydrogens (tertiary/aromatic N) is 3. The van der Waals surface area contributed by atoms with Crippen molar-refractivity contribution in [2.45, 2.75) is 0 Å². The van der Waals surface area contributed by atoms with Crippen LogP contribution in [0.5, 0.6) is 0 Å². The molecule has 128 valence electrons. The summed E-state index contributed by atoms with van der Waals surface area (Å²) in [5.41, 5.74) is 7.86. The fourth-order valence-corrected chi connectivity index (χ4v) is 2.98. The molecular weight excluding hydrogens is 325 g/mol. The lowest BCUT2D eigenvalue weighted by molar-refractivity contribution is 0.103. The number of morpholine rings is 1. The fourth-order valence-electron chi connectivity index (χ4n) is 2.98. The minimum atomic E-state index is -0.465. The Hall–Kier alpha value is -3.00. The Bertz CT molecular complexity index is 949. The van der Waals surface area contributed by atoms with Crippen molar-refractivity contribution in [1.82, 2.24) is 15.2 Å². The van der Waals surface area contributed by atoms with E-state index in [0.717, 1.165) is 18.8 Å². The van der Waals surface area contributed by atoms with Crippen LogP contribution in [0.2, 0.25) is 0 Å². The molecule has 3 aromatic rings. The van der Waals surface area contributed by atoms with Crippen LogP contribution in [-0.2, 0) is 4.74 Å². The molecule has 3 N–H and O–H groups in total. The summed E-state index contributed by atoms with van der Waals surface area (Å²) in [5, 5.41) is 6.77. The number of carbonyl (C=O) groups is 1. The number of anilines is 2. The molecule has 0 radical (unpaired) electrons. The number of nitrogens with one attached hydrogen (secondary N) is 1. The number of rotatable bonds is 3. The van der Waals surface area contributed by atoms with Crippen molar-refractivity contribution >= 4 is 28.1 Å². The second-order valence-electron chi connectivity index (χ2n) is 5.81. The highest BCUT2D eigenvalue weighted by Gasteiger charge is 2.20. The molecule has 1 saturated heterocycles. The maximum absolute atomic E-state index is 13.8. The van der Waals surface area contributed by atoms with E-state index >= 15 is 0 Å². The molecule has 3 heterocycles. The third-order valence-corrected chi connectivity index (χ3v) is 4.30. The third-order valence-electron chi connectivity index (χ3n) is 4.30. The second-order valence-corrected chi connectivity index (χ2v) is 5.81. The monoisotopic (exact) mass is 341 g/mol. The predicted octanol–water partition coefficient (Wildman–Crippen LogP) is 1.75. The van der Waals surface area contributed by atoms with Crippen LogP contribution in [0.3, 0.4) is 0 Å². The number of H-pyrrole nitrogens is 1. The van der Waals surface area contributed by atoms with Crippen LogP contribution < -0.4 is 10.6 Å². The van der Waals surface area contributed by atoms with Gasteiger partial charge in [-0.25, -0.2) is 9.37 Å². The van der Waals surface area contributed by atoms with Crippen molar-refractivity contribution in [1.29, 1.82) is 0 Å². The number of ether oxygens (including phenoxy) is 1. The molecule has 1 fully saturated rings. The van der Waals surface area contributed by atoms with Crippen LogP contribution >= 0.6 is 0 Å². The van der Waals surface area contributed by atoms with Gasteiger partial charge in [0.1, 0.15) is 17.0 Å². The lowest BCUT2D eigenvalue weighted by Gasteiger charge is -2.28. The van der Waals surface area contributed by atoms with E-state index in [1.54, 1.807) is 12.3 Å². The zero-order chi connectivity index (χ0) is 17.4. The molecule has 0 amide bonds. The number of carbonyl (C=O) groups excluding carboxylic acids is 1. The highest BCUT2D eigenvalue weighted by molar-refractivity contribution is 6.17. The first kappa shape index (κ1) is 15.5. The van der Waals surface area contributed by atoms with Gasteiger partial charge in [-0.3, -0.25) is 9.89 Å². The maximum Gasteiger partial charge on any atom is 0.214 e. The van der Waals surface area contributed by atoms with E-state index in [1.807, 2.05) is 0 Å². The summed E-state index contributed by atoms with van der Waals surface area (Å²) in [7, 11) is 0. The minimum absolute atomic E-state index is 0.145. The standard InChI is InChI=1S/C17H16FN5O2/c18-13-2-1-11(12-9-21-22-15(12)13)17(24)16-14(19)7-10(8-20-16)23-3-5-25-6-4-23/h1-2,7-9H,3-6,19H2,(H,21,22). The third kappa shape index (κ3) is 2.70. The van der Waals surface area contributed by atoms with E-state index in [9.17, 15) is 9.18 Å². The fraction of sp³-hybridized carbons (Fsp3) is 0.235. The lowest BCUT2D eigenvalue weighted by Crippen LogP contribution is -2.36. The quantitative estimate of drug-likeness (QED) is 0.705. The number of ketones is 1. The first-order valence-electron chi connectivity index (χ1n) is 7.89. The number of fused-ring (bicyclic) bond motifs is 1. The van der Waals surface area contributed by atoms with Gasteiger partial charge in [0.25, 0.3) is 0 Å². The first-order chi connectivity index (χ1) is 12.1. The van der Waals surface area contributed by atoms with E-state index < -0.39 is 5.82 Å². The molecule has 0 saturated carbocycles. The minimum Gasteiger partial charge on any atom is -0.397 e. The van der Waals surface area contributed by atoms with Crippen molar-refractivity contribution in [3.8, 4) is 0 Å². The van der Waals surface area contributed by atoms with Crippen LogP contribution in [0, 0.1) is 5.82 Å². The average molecular weight is 341 g/mol. The molecule has 8 heteroatoms. The van der Waals surface area contributed by atoms with Crippen LogP contribution in [0.4, 0.5) is 15.8 Å². The average Bonchev–Trinajstić information content (AvgIpc) is 3.13. The number of hydrogen-bond acceptors (Lipinski definition) is 6. The predicted molar refractivity (Wildman–Crippen MR) is 91.2 cm³/mol. The SMILES string of the molecule is Nc1cc(N2CCOCC2)cnc1C(=O)c1ccc(F)c2[nH]ncc12. The molecular formula is C17H16FN5O2. The van der Waals surface area contributed by atoms with Gasteiger partial charge in [0, 0.05) is 24.0 Å². The normalized spacial score (nSPS) is 14.8. The summed E-state index contributed by atoms with van der Waals surface area (Å²) in [6.07, 6.45) is 3.05. The summed E-state index contributed by atoms with van der Waals surface area (Å²) in [5.74, 6) is -0.829. The number of nitrogen functional groups attached to an aromatic ring is 1. The molecule has 4 rings (SSSR count). The highest BCUT2D eigenvalue weighted by Crippen LogP contribution is 2.26. The molecule has 1 aromatic carbocycles. The Kier molecular flexibility index (Phi) is 3.81. The van der Waals surface area contributed by atoms with E-state index in [0.29, 0.717) is 24.2 Å². The molecule has 0 aliphatic carbocycles. The lowest BCUT2D eigenvalue weighted by atomic mass is 10.0. The van der Waals surface area contributed by atoms with Gasteiger partial charge in [-0.1, -0.05) is 0 Å². The second kappa shape index (κ2) is 6.14. The Labute approximate surface area is 142 Å². The molecule has 2 aromatic heterocycles. The molecule has 0 bridgehead atoms. The summed E-state index contributed by atoms with van der Waals surface area (Å²) >= 11 is 0. The van der Waals surface area contributed by atoms with Gasteiger partial charge in [0.15, 0.2) is 0 Å². The van der Waals surface area contributed by atoms with Gasteiger partial charge in [-0.2, -0.15) is 5.10 Å². The topological polar surface area (TPSA) is 97.1 Å². The Balaban J connectivity index is 1.70. The first-order valence-corrected chi connectivity index (χ1v) is 7.89. The number of aromatic amines is 1. The molecule has 0 spiro atoms. The van der Waals surface area contributed by atoms with Crippen molar-refractivity contribution in [3.05, 3.63) is 47.7 Å². The molecule has 7 nitrogen and oxygen atoms in total. The Morgan fingerprint density at radius 1 is 1.28 bits per heavy atom. The zero-order valence-corrected chi connectivity index (χ0v) is 13.3. The number of pyridine rings is 1. The van der Waals surface area contributed by atoms with Gasteiger partial charge in [0.05, 0.1) is 37.0 Å². The molecule has 1 aliphatic rings. The largest absolute Gasteiger partial charge is 0.397 e. The molecule has 0 unspecified atom stereocenters. The van der Waals surface area contributed by atoms with Crippen molar-refractivity contribution in [2.75, 3.05) is 36.9 Å². The van der Waals surface area contributed by atoms with Crippen molar-refractivity contribution in [2.24, 2.45) is 0 Å².